The molecule has 0 aromatic rings. The van der Waals surface area contributed by atoms with Crippen LogP contribution in [0.2, 0.25) is 0 Å². The first-order chi connectivity index (χ1) is 8.88. The molecule has 0 aliphatic heterocycles. The highest BCUT2D eigenvalue weighted by Crippen LogP contribution is 2.35. The van der Waals surface area contributed by atoms with Crippen LogP contribution in [-0.2, 0) is 13.3 Å². The van der Waals surface area contributed by atoms with Gasteiger partial charge in [0.15, 0.2) is 6.17 Å². The smallest absolute Gasteiger partial charge is 0.370 e. The van der Waals surface area contributed by atoms with Crippen LogP contribution in [-0.4, -0.2) is 40.3 Å². The average molecular weight is 302 g/mol. The lowest BCUT2D eigenvalue weighted by Crippen LogP contribution is -2.64. The highest BCUT2D eigenvalue weighted by Gasteiger charge is 2.68. The van der Waals surface area contributed by atoms with E-state index in [0.717, 1.165) is 6.92 Å². The summed E-state index contributed by atoms with van der Waals surface area (Å²) in [6, 6.07) is 0. The van der Waals surface area contributed by atoms with Crippen LogP contribution in [0.1, 0.15) is 47.0 Å². The summed E-state index contributed by atoms with van der Waals surface area (Å²) in [5.74, 6) is 0. The van der Waals surface area contributed by atoms with Gasteiger partial charge in [-0.2, -0.15) is 8.78 Å². The molecular formula is C12H25F3O3Si. The van der Waals surface area contributed by atoms with Crippen molar-refractivity contribution in [3.63, 3.8) is 0 Å². The largest absolute Gasteiger partial charge is 0.577 e. The van der Waals surface area contributed by atoms with Crippen molar-refractivity contribution in [1.29, 1.82) is 0 Å². The van der Waals surface area contributed by atoms with Gasteiger partial charge >= 0.3 is 14.4 Å². The van der Waals surface area contributed by atoms with Crippen molar-refractivity contribution in [2.75, 3.05) is 19.8 Å². The number of halogens is 3. The summed E-state index contributed by atoms with van der Waals surface area (Å²) in [7, 11) is -4.36. The van der Waals surface area contributed by atoms with E-state index in [2.05, 4.69) is 0 Å². The normalized spacial score (nSPS) is 14.7. The minimum atomic E-state index is -4.36. The fourth-order valence-corrected chi connectivity index (χ4v) is 4.10. The molecule has 116 valence electrons. The molecule has 0 N–H and O–H groups in total. The first-order valence-corrected chi connectivity index (χ1v) is 8.54. The molecule has 0 spiro atoms. The van der Waals surface area contributed by atoms with Gasteiger partial charge in [-0.25, -0.2) is 4.39 Å². The molecule has 0 radical (unpaired) electrons. The van der Waals surface area contributed by atoms with Crippen molar-refractivity contribution >= 4 is 8.80 Å². The number of alkyl halides is 3. The minimum Gasteiger partial charge on any atom is -0.370 e. The molecule has 0 aromatic carbocycles. The molecule has 0 rings (SSSR count). The van der Waals surface area contributed by atoms with Gasteiger partial charge in [-0.15, -0.1) is 0 Å². The predicted molar refractivity (Wildman–Crippen MR) is 70.0 cm³/mol. The molecule has 0 aromatic heterocycles. The summed E-state index contributed by atoms with van der Waals surface area (Å²) < 4.78 is 57.2. The lowest BCUT2D eigenvalue weighted by molar-refractivity contribution is -0.0900. The Hall–Kier alpha value is -0.113. The maximum absolute atomic E-state index is 14.1. The Morgan fingerprint density at radius 2 is 1.21 bits per heavy atom. The molecule has 3 nitrogen and oxygen atoms in total. The molecule has 0 heterocycles. The lowest BCUT2D eigenvalue weighted by atomic mass is 10.5. The standard InChI is InChI=1S/C12H25F3O3Si/c1-5-8-16-19(17-9-6-2,18-10-7-3)12(14,15)11(4)13/h11H,5-10H2,1-4H3. The number of hydrogen-bond donors (Lipinski definition) is 0. The first-order valence-electron chi connectivity index (χ1n) is 6.81. The van der Waals surface area contributed by atoms with Gasteiger partial charge in [0, 0.05) is 19.8 Å². The summed E-state index contributed by atoms with van der Waals surface area (Å²) in [5, 5.41) is 0. The molecule has 0 bridgehead atoms. The second-order valence-corrected chi connectivity index (χ2v) is 6.99. The number of hydrogen-bond acceptors (Lipinski definition) is 3. The molecule has 0 fully saturated rings. The summed E-state index contributed by atoms with van der Waals surface area (Å²) in [5.41, 5.74) is -3.73. The van der Waals surface area contributed by atoms with E-state index in [-0.39, 0.29) is 19.8 Å². The topological polar surface area (TPSA) is 27.7 Å². The molecular weight excluding hydrogens is 277 g/mol. The second kappa shape index (κ2) is 8.94. The van der Waals surface area contributed by atoms with E-state index in [9.17, 15) is 13.2 Å². The van der Waals surface area contributed by atoms with Gasteiger partial charge in [-0.05, 0) is 26.2 Å². The Labute approximate surface area is 114 Å². The zero-order chi connectivity index (χ0) is 14.9. The van der Waals surface area contributed by atoms with Crippen LogP contribution in [0.5, 0.6) is 0 Å². The van der Waals surface area contributed by atoms with Gasteiger partial charge < -0.3 is 13.3 Å². The zero-order valence-corrected chi connectivity index (χ0v) is 13.2. The monoisotopic (exact) mass is 302 g/mol. The summed E-state index contributed by atoms with van der Waals surface area (Å²) in [6.07, 6.45) is -0.756. The average Bonchev–Trinajstić information content (AvgIpc) is 2.37. The third-order valence-electron chi connectivity index (χ3n) is 2.40. The Morgan fingerprint density at radius 1 is 0.895 bits per heavy atom. The van der Waals surface area contributed by atoms with Crippen LogP contribution in [0.4, 0.5) is 13.2 Å². The molecule has 1 atom stereocenters. The molecule has 1 unspecified atom stereocenters. The van der Waals surface area contributed by atoms with Crippen molar-refractivity contribution in [3.8, 4) is 0 Å². The Balaban J connectivity index is 5.18. The van der Waals surface area contributed by atoms with Crippen molar-refractivity contribution in [1.82, 2.24) is 0 Å². The van der Waals surface area contributed by atoms with E-state index in [4.69, 9.17) is 13.3 Å². The highest BCUT2D eigenvalue weighted by molar-refractivity contribution is 6.63. The van der Waals surface area contributed by atoms with Gasteiger partial charge in [-0.1, -0.05) is 20.8 Å². The highest BCUT2D eigenvalue weighted by atomic mass is 28.4. The quantitative estimate of drug-likeness (QED) is 0.544. The Bertz CT molecular complexity index is 218. The lowest BCUT2D eigenvalue weighted by Gasteiger charge is -2.35. The van der Waals surface area contributed by atoms with Gasteiger partial charge in [0.05, 0.1) is 0 Å². The maximum atomic E-state index is 14.1. The van der Waals surface area contributed by atoms with E-state index in [1.54, 1.807) is 20.8 Å². The zero-order valence-electron chi connectivity index (χ0n) is 12.2. The molecule has 0 amide bonds. The minimum absolute atomic E-state index is 0.0714. The van der Waals surface area contributed by atoms with E-state index in [1.807, 2.05) is 0 Å². The molecule has 0 aliphatic rings. The van der Waals surface area contributed by atoms with E-state index in [0.29, 0.717) is 19.3 Å². The SMILES string of the molecule is CCCO[Si](OCCC)(OCCC)C(F)(F)C(C)F. The second-order valence-electron chi connectivity index (χ2n) is 4.34. The van der Waals surface area contributed by atoms with Gasteiger partial charge in [0.25, 0.3) is 0 Å². The third kappa shape index (κ3) is 5.05. The van der Waals surface area contributed by atoms with Crippen molar-refractivity contribution in [3.05, 3.63) is 0 Å². The predicted octanol–water partition coefficient (Wildman–Crippen LogP) is 3.74. The van der Waals surface area contributed by atoms with Crippen molar-refractivity contribution in [2.24, 2.45) is 0 Å². The summed E-state index contributed by atoms with van der Waals surface area (Å²) in [4.78, 5) is 0. The Kier molecular flexibility index (Phi) is 8.89. The van der Waals surface area contributed by atoms with Gasteiger partial charge in [-0.3, -0.25) is 0 Å². The van der Waals surface area contributed by atoms with Gasteiger partial charge in [0.1, 0.15) is 0 Å². The van der Waals surface area contributed by atoms with Crippen LogP contribution >= 0.6 is 0 Å². The van der Waals surface area contributed by atoms with E-state index < -0.39 is 20.5 Å². The summed E-state index contributed by atoms with van der Waals surface area (Å²) in [6.45, 7) is 6.38. The van der Waals surface area contributed by atoms with Gasteiger partial charge in [0.2, 0.25) is 0 Å². The van der Waals surface area contributed by atoms with Crippen LogP contribution in [0.15, 0.2) is 0 Å². The van der Waals surface area contributed by atoms with E-state index >= 15 is 0 Å². The molecule has 0 aliphatic carbocycles. The Morgan fingerprint density at radius 3 is 1.42 bits per heavy atom. The third-order valence-corrected chi connectivity index (χ3v) is 5.36. The van der Waals surface area contributed by atoms with E-state index in [1.165, 1.54) is 0 Å². The fourth-order valence-electron chi connectivity index (χ4n) is 1.37. The summed E-state index contributed by atoms with van der Waals surface area (Å²) >= 11 is 0. The van der Waals surface area contributed by atoms with Crippen LogP contribution in [0, 0.1) is 0 Å². The molecule has 7 heteroatoms. The maximum Gasteiger partial charge on any atom is 0.577 e. The molecule has 0 saturated heterocycles. The van der Waals surface area contributed by atoms with Crippen LogP contribution < -0.4 is 0 Å². The van der Waals surface area contributed by atoms with Crippen molar-refractivity contribution in [2.45, 2.75) is 58.7 Å². The first kappa shape index (κ1) is 18.9. The van der Waals surface area contributed by atoms with Crippen LogP contribution in [0.3, 0.4) is 0 Å². The number of rotatable bonds is 11. The molecule has 0 saturated carbocycles. The molecule has 19 heavy (non-hydrogen) atoms. The fraction of sp³-hybridized carbons (Fsp3) is 1.00. The van der Waals surface area contributed by atoms with Crippen molar-refractivity contribution < 1.29 is 26.4 Å². The van der Waals surface area contributed by atoms with Crippen LogP contribution in [0.25, 0.3) is 0 Å².